The van der Waals surface area contributed by atoms with Gasteiger partial charge in [-0.3, -0.25) is 4.79 Å². The minimum Gasteiger partial charge on any atom is -0.454 e. The zero-order valence-corrected chi connectivity index (χ0v) is 17.8. The van der Waals surface area contributed by atoms with E-state index in [0.29, 0.717) is 18.5 Å². The fourth-order valence-electron chi connectivity index (χ4n) is 3.54. The molecule has 0 unspecified atom stereocenters. The van der Waals surface area contributed by atoms with Crippen molar-refractivity contribution in [3.05, 3.63) is 30.3 Å². The number of nitriles is 1. The molecular weight excluding hydrogens is 384 g/mol. The Bertz CT molecular complexity index is 782. The van der Waals surface area contributed by atoms with Crippen LogP contribution in [0.1, 0.15) is 46.0 Å². The van der Waals surface area contributed by atoms with E-state index in [9.17, 15) is 19.6 Å². The summed E-state index contributed by atoms with van der Waals surface area (Å²) in [5.41, 5.74) is -0.246. The van der Waals surface area contributed by atoms with Crippen molar-refractivity contribution in [2.45, 2.75) is 57.5 Å². The van der Waals surface area contributed by atoms with E-state index in [0.717, 1.165) is 19.3 Å². The third-order valence-corrected chi connectivity index (χ3v) is 5.48. The van der Waals surface area contributed by atoms with E-state index in [2.05, 4.69) is 16.7 Å². The van der Waals surface area contributed by atoms with Crippen LogP contribution in [-0.4, -0.2) is 48.0 Å². The van der Waals surface area contributed by atoms with Gasteiger partial charge in [0.25, 0.3) is 5.91 Å². The fraction of sp³-hybridized carbons (Fsp3) is 0.545. The number of nitrogens with zero attached hydrogens (tertiary/aromatic N) is 2. The molecule has 8 heteroatoms. The van der Waals surface area contributed by atoms with E-state index < -0.39 is 36.1 Å². The molecule has 2 N–H and O–H groups in total. The smallest absolute Gasteiger partial charge is 0.329 e. The number of ether oxygens (including phenoxy) is 1. The number of hydrogen-bond acceptors (Lipinski definition) is 5. The molecule has 1 fully saturated rings. The highest BCUT2D eigenvalue weighted by atomic mass is 16.5. The Balaban J connectivity index is 1.92. The maximum Gasteiger partial charge on any atom is 0.329 e. The first kappa shape index (κ1) is 23.2. The summed E-state index contributed by atoms with van der Waals surface area (Å²) in [6.07, 6.45) is 4.07. The van der Waals surface area contributed by atoms with Crippen molar-refractivity contribution in [1.82, 2.24) is 10.2 Å². The van der Waals surface area contributed by atoms with Gasteiger partial charge in [-0.15, -0.1) is 0 Å². The first-order valence-electron chi connectivity index (χ1n) is 10.3. The Labute approximate surface area is 177 Å². The molecular formula is C22H30N4O4. The topological polar surface area (TPSA) is 112 Å². The van der Waals surface area contributed by atoms with Crippen LogP contribution in [0.3, 0.4) is 0 Å². The normalized spacial score (nSPS) is 16.1. The number of likely N-dealkylation sites (N-methyl/N-ethyl adjacent to an activating group) is 1. The van der Waals surface area contributed by atoms with Gasteiger partial charge >= 0.3 is 12.0 Å². The third kappa shape index (κ3) is 5.96. The second-order valence-electron chi connectivity index (χ2n) is 7.95. The molecule has 8 nitrogen and oxygen atoms in total. The molecule has 3 amide bonds. The number of urea groups is 1. The van der Waals surface area contributed by atoms with Crippen LogP contribution in [0.5, 0.6) is 0 Å². The van der Waals surface area contributed by atoms with E-state index in [-0.39, 0.29) is 5.92 Å². The molecule has 0 aromatic heterocycles. The largest absolute Gasteiger partial charge is 0.454 e. The molecule has 0 aliphatic heterocycles. The first-order chi connectivity index (χ1) is 14.3. The van der Waals surface area contributed by atoms with Crippen LogP contribution in [0.25, 0.3) is 0 Å². The molecule has 1 aliphatic carbocycles. The second-order valence-corrected chi connectivity index (χ2v) is 7.95. The lowest BCUT2D eigenvalue weighted by Gasteiger charge is -2.38. The number of carbonyl (C=O) groups is 3. The van der Waals surface area contributed by atoms with Gasteiger partial charge in [0.1, 0.15) is 11.6 Å². The summed E-state index contributed by atoms with van der Waals surface area (Å²) in [4.78, 5) is 38.7. The lowest BCUT2D eigenvalue weighted by Crippen LogP contribution is -2.52. The lowest BCUT2D eigenvalue weighted by molar-refractivity contribution is -0.155. The highest BCUT2D eigenvalue weighted by Crippen LogP contribution is 2.32. The van der Waals surface area contributed by atoms with Gasteiger partial charge in [-0.25, -0.2) is 9.59 Å². The van der Waals surface area contributed by atoms with Crippen LogP contribution < -0.4 is 10.6 Å². The summed E-state index contributed by atoms with van der Waals surface area (Å²) < 4.78 is 5.20. The summed E-state index contributed by atoms with van der Waals surface area (Å²) in [6, 6.07) is 9.68. The fourth-order valence-corrected chi connectivity index (χ4v) is 3.54. The molecule has 0 saturated heterocycles. The minimum absolute atomic E-state index is 0.240. The minimum atomic E-state index is -0.911. The molecule has 0 heterocycles. The number of benzene rings is 1. The molecule has 1 saturated carbocycles. The van der Waals surface area contributed by atoms with E-state index >= 15 is 0 Å². The number of carbonyl (C=O) groups excluding carboxylic acids is 3. The summed E-state index contributed by atoms with van der Waals surface area (Å²) in [5, 5.41) is 14.9. The zero-order valence-electron chi connectivity index (χ0n) is 17.8. The zero-order chi connectivity index (χ0) is 22.1. The summed E-state index contributed by atoms with van der Waals surface area (Å²) in [5.74, 6) is -1.36. The molecule has 162 valence electrons. The number of hydrogen-bond donors (Lipinski definition) is 2. The Kier molecular flexibility index (Phi) is 8.22. The van der Waals surface area contributed by atoms with Crippen molar-refractivity contribution in [2.24, 2.45) is 5.92 Å². The van der Waals surface area contributed by atoms with Crippen LogP contribution in [0, 0.1) is 17.2 Å². The average molecular weight is 415 g/mol. The monoisotopic (exact) mass is 414 g/mol. The van der Waals surface area contributed by atoms with Crippen molar-refractivity contribution >= 4 is 23.6 Å². The molecule has 1 atom stereocenters. The summed E-state index contributed by atoms with van der Waals surface area (Å²) in [6.45, 7) is 3.08. The molecule has 1 aromatic rings. The molecule has 2 rings (SSSR count). The predicted octanol–water partition coefficient (Wildman–Crippen LogP) is 3.06. The summed E-state index contributed by atoms with van der Waals surface area (Å²) in [7, 11) is 1.58. The van der Waals surface area contributed by atoms with Gasteiger partial charge in [-0.1, -0.05) is 51.3 Å². The maximum absolute atomic E-state index is 12.6. The van der Waals surface area contributed by atoms with Crippen molar-refractivity contribution in [2.75, 3.05) is 19.0 Å². The summed E-state index contributed by atoms with van der Waals surface area (Å²) >= 11 is 0. The Morgan fingerprint density at radius 2 is 1.80 bits per heavy atom. The maximum atomic E-state index is 12.6. The van der Waals surface area contributed by atoms with Crippen LogP contribution in [-0.2, 0) is 14.3 Å². The van der Waals surface area contributed by atoms with E-state index in [1.165, 1.54) is 4.90 Å². The van der Waals surface area contributed by atoms with Crippen LogP contribution in [0.15, 0.2) is 30.3 Å². The third-order valence-electron chi connectivity index (χ3n) is 5.48. The molecule has 1 aromatic carbocycles. The quantitative estimate of drug-likeness (QED) is 0.666. The van der Waals surface area contributed by atoms with Crippen LogP contribution in [0.4, 0.5) is 10.5 Å². The predicted molar refractivity (Wildman–Crippen MR) is 112 cm³/mol. The first-order valence-corrected chi connectivity index (χ1v) is 10.3. The van der Waals surface area contributed by atoms with Crippen LogP contribution in [0.2, 0.25) is 0 Å². The Hall–Kier alpha value is -3.08. The molecule has 30 heavy (non-hydrogen) atoms. The standard InChI is InChI=1S/C22H30N4O4/c1-16(2)19(25-21(29)24-17-10-6-4-7-11-17)20(28)30-14-18(27)26(3)22(15-23)12-8-5-9-13-22/h4,6-7,10-11,16,19H,5,8-9,12-14H2,1-3H3,(H2,24,25,29)/t19-/m1/s1. The van der Waals surface area contributed by atoms with E-state index in [4.69, 9.17) is 4.74 Å². The number of esters is 1. The van der Waals surface area contributed by atoms with Crippen molar-refractivity contribution in [1.29, 1.82) is 5.26 Å². The SMILES string of the molecule is CC(C)[C@@H](NC(=O)Nc1ccccc1)C(=O)OCC(=O)N(C)C1(C#N)CCCCC1. The van der Waals surface area contributed by atoms with Gasteiger partial charge in [0.15, 0.2) is 6.61 Å². The Morgan fingerprint density at radius 3 is 2.37 bits per heavy atom. The van der Waals surface area contributed by atoms with E-state index in [1.54, 1.807) is 45.2 Å². The second kappa shape index (κ2) is 10.6. The van der Waals surface area contributed by atoms with Gasteiger partial charge < -0.3 is 20.3 Å². The number of rotatable bonds is 7. The van der Waals surface area contributed by atoms with Crippen LogP contribution >= 0.6 is 0 Å². The lowest BCUT2D eigenvalue weighted by atomic mass is 9.81. The van der Waals surface area contributed by atoms with Crippen molar-refractivity contribution in [3.63, 3.8) is 0 Å². The van der Waals surface area contributed by atoms with Gasteiger partial charge in [0.05, 0.1) is 6.07 Å². The number of anilines is 1. The highest BCUT2D eigenvalue weighted by molar-refractivity contribution is 5.93. The number of para-hydroxylation sites is 1. The molecule has 0 spiro atoms. The Morgan fingerprint density at radius 1 is 1.17 bits per heavy atom. The molecule has 0 radical (unpaired) electrons. The molecule has 1 aliphatic rings. The van der Waals surface area contributed by atoms with Gasteiger partial charge in [-0.05, 0) is 30.9 Å². The highest BCUT2D eigenvalue weighted by Gasteiger charge is 2.39. The molecule has 0 bridgehead atoms. The number of nitrogens with one attached hydrogen (secondary N) is 2. The van der Waals surface area contributed by atoms with E-state index in [1.807, 2.05) is 6.07 Å². The van der Waals surface area contributed by atoms with Gasteiger partial charge in [0.2, 0.25) is 0 Å². The van der Waals surface area contributed by atoms with Gasteiger partial charge in [0, 0.05) is 12.7 Å². The van der Waals surface area contributed by atoms with Gasteiger partial charge in [-0.2, -0.15) is 5.26 Å². The van der Waals surface area contributed by atoms with Crippen molar-refractivity contribution in [3.8, 4) is 6.07 Å². The number of amides is 3. The average Bonchev–Trinajstić information content (AvgIpc) is 2.76. The van der Waals surface area contributed by atoms with Crippen molar-refractivity contribution < 1.29 is 19.1 Å².